The van der Waals surface area contributed by atoms with Crippen molar-refractivity contribution in [1.29, 1.82) is 0 Å². The number of hydrogen-bond acceptors (Lipinski definition) is 8. The highest BCUT2D eigenvalue weighted by molar-refractivity contribution is 6.30. The third kappa shape index (κ3) is 6.11. The van der Waals surface area contributed by atoms with Gasteiger partial charge in [0, 0.05) is 64.3 Å². The van der Waals surface area contributed by atoms with E-state index in [-0.39, 0.29) is 41.9 Å². The van der Waals surface area contributed by atoms with Gasteiger partial charge in [-0.15, -0.1) is 0 Å². The van der Waals surface area contributed by atoms with Crippen LogP contribution in [0.25, 0.3) is 11.2 Å². The number of nitrogen functional groups attached to an aromatic ring is 1. The third-order valence-corrected chi connectivity index (χ3v) is 8.69. The molecule has 3 atom stereocenters. The average molecular weight is 595 g/mol. The molecule has 2 aliphatic heterocycles. The summed E-state index contributed by atoms with van der Waals surface area (Å²) in [6.07, 6.45) is 2.17. The zero-order valence-corrected chi connectivity index (χ0v) is 24.6. The van der Waals surface area contributed by atoms with Crippen LogP contribution in [0.1, 0.15) is 57.0 Å². The molecule has 1 saturated carbocycles. The van der Waals surface area contributed by atoms with Crippen LogP contribution in [0.5, 0.6) is 0 Å². The van der Waals surface area contributed by atoms with Crippen molar-refractivity contribution in [2.45, 2.75) is 70.5 Å². The molecule has 2 unspecified atom stereocenters. The zero-order valence-electron chi connectivity index (χ0n) is 23.9. The smallest absolute Gasteiger partial charge is 0.248 e. The molecular weight excluding hydrogens is 557 g/mol. The minimum Gasteiger partial charge on any atom is -0.381 e. The minimum atomic E-state index is -2.67. The van der Waals surface area contributed by atoms with Crippen LogP contribution in [0.3, 0.4) is 0 Å². The van der Waals surface area contributed by atoms with Gasteiger partial charge < -0.3 is 14.2 Å². The highest BCUT2D eigenvalue weighted by atomic mass is 35.5. The highest BCUT2D eigenvalue weighted by Crippen LogP contribution is 2.51. The molecule has 0 amide bonds. The number of imidazole rings is 1. The fourth-order valence-corrected chi connectivity index (χ4v) is 6.32. The van der Waals surface area contributed by atoms with E-state index in [2.05, 4.69) is 44.0 Å². The molecule has 1 aliphatic carbocycles. The number of ether oxygens (including phenoxy) is 1. The Kier molecular flexibility index (Phi) is 8.66. The van der Waals surface area contributed by atoms with Gasteiger partial charge in [0.1, 0.15) is 11.6 Å². The van der Waals surface area contributed by atoms with Crippen LogP contribution in [-0.4, -0.2) is 68.7 Å². The van der Waals surface area contributed by atoms with Crippen LogP contribution in [0.4, 0.5) is 24.9 Å². The van der Waals surface area contributed by atoms with Gasteiger partial charge in [-0.3, -0.25) is 10.3 Å². The molecule has 224 valence electrons. The maximum absolute atomic E-state index is 13.9. The second kappa shape index (κ2) is 11.9. The number of nitrogens with two attached hydrogens (primary N) is 1. The summed E-state index contributed by atoms with van der Waals surface area (Å²) in [5, 5.41) is -0.00126. The van der Waals surface area contributed by atoms with E-state index >= 15 is 0 Å². The van der Waals surface area contributed by atoms with E-state index in [0.29, 0.717) is 36.0 Å². The van der Waals surface area contributed by atoms with Crippen molar-refractivity contribution in [2.24, 2.45) is 18.8 Å². The maximum Gasteiger partial charge on any atom is 0.248 e. The molecule has 41 heavy (non-hydrogen) atoms. The minimum absolute atomic E-state index is 0.00126. The quantitative estimate of drug-likeness (QED) is 0.306. The van der Waals surface area contributed by atoms with Gasteiger partial charge in [-0.1, -0.05) is 17.7 Å². The first-order chi connectivity index (χ1) is 19.5. The number of anilines is 2. The van der Waals surface area contributed by atoms with E-state index in [0.717, 1.165) is 24.6 Å². The summed E-state index contributed by atoms with van der Waals surface area (Å²) in [6.45, 7) is 9.21. The summed E-state index contributed by atoms with van der Waals surface area (Å²) < 4.78 is 48.6. The SMILES string of the molecule is C1CCOC1.Cc1nc2c(N3C[C@@H](C)N(C(c4ccc(F)c(Cl)c4)C4CC(F)(F)C4)CC3C)nc(NN)nc2n1C. The fourth-order valence-electron chi connectivity index (χ4n) is 6.13. The Morgan fingerprint density at radius 2 is 1.80 bits per heavy atom. The Morgan fingerprint density at radius 1 is 1.10 bits per heavy atom. The predicted octanol–water partition coefficient (Wildman–Crippen LogP) is 5.23. The van der Waals surface area contributed by atoms with Gasteiger partial charge in [-0.05, 0) is 57.2 Å². The lowest BCUT2D eigenvalue weighted by atomic mass is 9.73. The molecule has 0 bridgehead atoms. The lowest BCUT2D eigenvalue weighted by Gasteiger charge is -2.52. The summed E-state index contributed by atoms with van der Waals surface area (Å²) in [5.74, 6) is 3.98. The molecule has 2 aromatic heterocycles. The zero-order chi connectivity index (χ0) is 29.5. The molecular formula is C28H38ClF3N8O. The largest absolute Gasteiger partial charge is 0.381 e. The van der Waals surface area contributed by atoms with Crippen LogP contribution < -0.4 is 16.2 Å². The molecule has 9 nitrogen and oxygen atoms in total. The van der Waals surface area contributed by atoms with Crippen molar-refractivity contribution >= 4 is 34.5 Å². The summed E-state index contributed by atoms with van der Waals surface area (Å²) in [6, 6.07) is 4.21. The number of piperazine rings is 1. The number of alkyl halides is 2. The first kappa shape index (κ1) is 29.8. The van der Waals surface area contributed by atoms with E-state index in [1.54, 1.807) is 12.1 Å². The number of nitrogens with one attached hydrogen (secondary N) is 1. The molecule has 2 saturated heterocycles. The standard InChI is InChI=1S/C24H30ClF3N8.C4H8O/c1-12-11-36(22-19-21(31-23(32-22)33-29)34(4)14(3)30-19)13(2)10-35(12)20(16-8-24(27,28)9-16)15-5-6-18(26)17(25)7-15;1-2-4-5-3-1/h5-7,12-13,16,20H,8-11,29H2,1-4H3,(H,31,32,33);1-4H2/t12-,13?,20?;/m1./s1. The van der Waals surface area contributed by atoms with E-state index in [1.807, 2.05) is 18.5 Å². The third-order valence-electron chi connectivity index (χ3n) is 8.40. The van der Waals surface area contributed by atoms with Crippen molar-refractivity contribution in [3.8, 4) is 0 Å². The normalized spacial score (nSPS) is 23.7. The van der Waals surface area contributed by atoms with Gasteiger partial charge in [0.25, 0.3) is 0 Å². The molecule has 1 aromatic carbocycles. The fraction of sp³-hybridized carbons (Fsp3) is 0.607. The number of nitrogens with zero attached hydrogens (tertiary/aromatic N) is 6. The first-order valence-corrected chi connectivity index (χ1v) is 14.5. The second-order valence-corrected chi connectivity index (χ2v) is 11.8. The van der Waals surface area contributed by atoms with Crippen molar-refractivity contribution in [1.82, 2.24) is 24.4 Å². The number of rotatable bonds is 5. The number of hydrogen-bond donors (Lipinski definition) is 2. The maximum atomic E-state index is 13.9. The van der Waals surface area contributed by atoms with Crippen molar-refractivity contribution in [2.75, 3.05) is 36.6 Å². The van der Waals surface area contributed by atoms with Crippen LogP contribution >= 0.6 is 11.6 Å². The van der Waals surface area contributed by atoms with Crippen LogP contribution in [-0.2, 0) is 11.8 Å². The van der Waals surface area contributed by atoms with E-state index < -0.39 is 11.7 Å². The number of hydrazine groups is 1. The molecule has 3 aliphatic rings. The average Bonchev–Trinajstić information content (AvgIpc) is 3.59. The number of fused-ring (bicyclic) bond motifs is 1. The summed E-state index contributed by atoms with van der Waals surface area (Å²) in [4.78, 5) is 18.2. The molecule has 3 N–H and O–H groups in total. The van der Waals surface area contributed by atoms with Crippen molar-refractivity contribution < 1.29 is 17.9 Å². The molecule has 0 radical (unpaired) electrons. The second-order valence-electron chi connectivity index (χ2n) is 11.4. The molecule has 3 aromatic rings. The Morgan fingerprint density at radius 3 is 2.39 bits per heavy atom. The Balaban J connectivity index is 0.000000610. The van der Waals surface area contributed by atoms with Gasteiger partial charge in [0.05, 0.1) is 5.02 Å². The van der Waals surface area contributed by atoms with Crippen LogP contribution in [0.2, 0.25) is 5.02 Å². The summed E-state index contributed by atoms with van der Waals surface area (Å²) in [7, 11) is 1.89. The van der Waals surface area contributed by atoms with Gasteiger partial charge in [0.15, 0.2) is 17.0 Å². The molecule has 6 rings (SSSR count). The van der Waals surface area contributed by atoms with Gasteiger partial charge in [0.2, 0.25) is 11.9 Å². The Bertz CT molecular complexity index is 1370. The molecule has 3 fully saturated rings. The first-order valence-electron chi connectivity index (χ1n) is 14.1. The van der Waals surface area contributed by atoms with Crippen LogP contribution in [0, 0.1) is 18.7 Å². The van der Waals surface area contributed by atoms with Gasteiger partial charge in [-0.2, -0.15) is 9.97 Å². The lowest BCUT2D eigenvalue weighted by molar-refractivity contribution is -0.137. The molecule has 4 heterocycles. The molecule has 0 spiro atoms. The van der Waals surface area contributed by atoms with Crippen molar-refractivity contribution in [3.05, 3.63) is 40.4 Å². The van der Waals surface area contributed by atoms with E-state index in [4.69, 9.17) is 22.2 Å². The predicted molar refractivity (Wildman–Crippen MR) is 154 cm³/mol. The topological polar surface area (TPSA) is 97.4 Å². The highest BCUT2D eigenvalue weighted by Gasteiger charge is 2.51. The summed E-state index contributed by atoms with van der Waals surface area (Å²) in [5.41, 5.74) is 4.65. The number of halogens is 4. The molecule has 13 heteroatoms. The van der Waals surface area contributed by atoms with Crippen molar-refractivity contribution in [3.63, 3.8) is 0 Å². The number of aryl methyl sites for hydroxylation is 2. The van der Waals surface area contributed by atoms with Gasteiger partial charge >= 0.3 is 0 Å². The summed E-state index contributed by atoms with van der Waals surface area (Å²) >= 11 is 6.10. The van der Waals surface area contributed by atoms with E-state index in [9.17, 15) is 13.2 Å². The van der Waals surface area contributed by atoms with Crippen LogP contribution in [0.15, 0.2) is 18.2 Å². The Labute approximate surface area is 243 Å². The monoisotopic (exact) mass is 594 g/mol. The number of benzene rings is 1. The lowest BCUT2D eigenvalue weighted by Crippen LogP contribution is -2.59. The number of aromatic nitrogens is 4. The van der Waals surface area contributed by atoms with Gasteiger partial charge in [-0.25, -0.2) is 24.0 Å². The van der Waals surface area contributed by atoms with E-state index in [1.165, 1.54) is 18.9 Å². The Hall–Kier alpha value is -2.67.